The Labute approximate surface area is 221 Å². The van der Waals surface area contributed by atoms with Crippen molar-refractivity contribution >= 4 is 5.97 Å². The van der Waals surface area contributed by atoms with E-state index in [1.165, 1.54) is 18.4 Å². The summed E-state index contributed by atoms with van der Waals surface area (Å²) in [4.78, 5) is 10.1. The Balaban J connectivity index is 0.000000382. The van der Waals surface area contributed by atoms with Crippen molar-refractivity contribution in [2.45, 2.75) is 74.6 Å². The van der Waals surface area contributed by atoms with E-state index in [1.54, 1.807) is 18.2 Å². The third-order valence-corrected chi connectivity index (χ3v) is 7.25. The number of carboxylic acids is 1. The number of nitrogens with one attached hydrogen (secondary N) is 1. The molecule has 2 saturated heterocycles. The normalized spacial score (nSPS) is 28.4. The van der Waals surface area contributed by atoms with Crippen LogP contribution in [0.4, 0.5) is 0 Å². The van der Waals surface area contributed by atoms with Crippen molar-refractivity contribution in [2.24, 2.45) is 0 Å². The van der Waals surface area contributed by atoms with Gasteiger partial charge in [0, 0.05) is 0 Å². The maximum Gasteiger partial charge on any atom is 0.320 e. The Kier molecular flexibility index (Phi) is 10.4. The minimum absolute atomic E-state index is 0. The van der Waals surface area contributed by atoms with Gasteiger partial charge in [0.15, 0.2) is 0 Å². The predicted octanol–water partition coefficient (Wildman–Crippen LogP) is 0.540. The van der Waals surface area contributed by atoms with Gasteiger partial charge in [-0.3, -0.25) is 4.79 Å². The number of nitrogens with zero attached hydrogens (tertiary/aromatic N) is 1. The van der Waals surface area contributed by atoms with E-state index < -0.39 is 43.1 Å². The fourth-order valence-corrected chi connectivity index (χ4v) is 4.86. The van der Waals surface area contributed by atoms with Crippen LogP contribution in [0.15, 0.2) is 42.5 Å². The van der Waals surface area contributed by atoms with E-state index in [2.05, 4.69) is 35.7 Å². The molecule has 1 saturated carbocycles. The summed E-state index contributed by atoms with van der Waals surface area (Å²) in [5, 5.41) is 60.5. The number of ether oxygens (including phenoxy) is 1. The molecule has 0 aromatic heterocycles. The number of nitriles is 1. The van der Waals surface area contributed by atoms with Gasteiger partial charge < -0.3 is 41.1 Å². The van der Waals surface area contributed by atoms with Crippen molar-refractivity contribution in [1.82, 2.24) is 5.32 Å². The van der Waals surface area contributed by atoms with Crippen molar-refractivity contribution in [1.29, 1.82) is 5.26 Å². The molecule has 0 spiro atoms. The quantitative estimate of drug-likeness (QED) is 0.310. The smallest absolute Gasteiger partial charge is 0.320 e. The molecule has 38 heavy (non-hydrogen) atoms. The number of aliphatic carboxylic acids is 1. The first kappa shape index (κ1) is 29.7. The van der Waals surface area contributed by atoms with Crippen LogP contribution in [0.1, 0.15) is 65.5 Å². The van der Waals surface area contributed by atoms with Gasteiger partial charge in [-0.25, -0.2) is 0 Å². The Morgan fingerprint density at radius 3 is 2.21 bits per heavy atom. The third kappa shape index (κ3) is 6.95. The molecule has 0 radical (unpaired) electrons. The Bertz CT molecular complexity index is 1110. The number of aliphatic hydroxyl groups excluding tert-OH is 4. The molecule has 2 aromatic carbocycles. The molecule has 6 atom stereocenters. The molecule has 3 aliphatic rings. The van der Waals surface area contributed by atoms with Crippen molar-refractivity contribution in [3.63, 3.8) is 0 Å². The molecule has 0 bridgehead atoms. The lowest BCUT2D eigenvalue weighted by Gasteiger charge is -2.40. The zero-order valence-corrected chi connectivity index (χ0v) is 21.0. The molecular formula is C28H36N2O8. The standard InChI is InChI=1S/C23H25NO5.C5H9NO2.H2O/c24-11-17-8-7-16(23-22(28)21(27)20(26)19(12-25)29-23)10-18(17)9-13-1-3-14(4-2-13)15-5-6-15;7-5(8)4-2-1-3-6-4;/h1-4,7-8,10,15,19-23,25-28H,5-6,9,12H2;4,6H,1-3H2,(H,7,8);1H2/t19-,20-,21+,22-,23?;4-;/m10./s1. The van der Waals surface area contributed by atoms with E-state index in [9.17, 15) is 30.5 Å². The van der Waals surface area contributed by atoms with Crippen LogP contribution in [-0.4, -0.2) is 80.6 Å². The zero-order chi connectivity index (χ0) is 26.5. The van der Waals surface area contributed by atoms with Crippen LogP contribution in [-0.2, 0) is 16.0 Å². The number of rotatable bonds is 6. The lowest BCUT2D eigenvalue weighted by atomic mass is 9.89. The van der Waals surface area contributed by atoms with Gasteiger partial charge in [0.1, 0.15) is 36.6 Å². The van der Waals surface area contributed by atoms with E-state index >= 15 is 0 Å². The van der Waals surface area contributed by atoms with Crippen LogP contribution >= 0.6 is 0 Å². The number of benzene rings is 2. The van der Waals surface area contributed by atoms with E-state index in [4.69, 9.17) is 9.84 Å². The van der Waals surface area contributed by atoms with Gasteiger partial charge in [-0.2, -0.15) is 5.26 Å². The highest BCUT2D eigenvalue weighted by molar-refractivity contribution is 5.73. The van der Waals surface area contributed by atoms with Crippen molar-refractivity contribution in [3.8, 4) is 6.07 Å². The number of carboxylic acid groups (broad SMARTS) is 1. The SMILES string of the molecule is N#Cc1ccc(C2O[C@H](CO)[C@@H](O)[C@H](O)[C@H]2O)cc1Cc1ccc(C2CC2)cc1.O.O=C(O)[C@@H]1CCCN1. The van der Waals surface area contributed by atoms with E-state index in [1.807, 2.05) is 0 Å². The maximum atomic E-state index is 10.4. The van der Waals surface area contributed by atoms with Gasteiger partial charge in [0.25, 0.3) is 0 Å². The van der Waals surface area contributed by atoms with Gasteiger partial charge >= 0.3 is 5.97 Å². The van der Waals surface area contributed by atoms with Gasteiger partial charge in [0.05, 0.1) is 18.2 Å². The molecule has 3 fully saturated rings. The summed E-state index contributed by atoms with van der Waals surface area (Å²) in [5.74, 6) is -0.0317. The summed E-state index contributed by atoms with van der Waals surface area (Å²) in [6.45, 7) is 0.384. The molecule has 206 valence electrons. The molecular weight excluding hydrogens is 492 g/mol. The minimum Gasteiger partial charge on any atom is -0.480 e. The van der Waals surface area contributed by atoms with Crippen molar-refractivity contribution < 1.29 is 40.5 Å². The van der Waals surface area contributed by atoms with Crippen molar-refractivity contribution in [3.05, 3.63) is 70.3 Å². The molecule has 10 heteroatoms. The first-order valence-electron chi connectivity index (χ1n) is 12.7. The molecule has 1 unspecified atom stereocenters. The number of hydrogen-bond acceptors (Lipinski definition) is 8. The van der Waals surface area contributed by atoms with E-state index in [-0.39, 0.29) is 11.5 Å². The number of hydrogen-bond donors (Lipinski definition) is 6. The summed E-state index contributed by atoms with van der Waals surface area (Å²) in [6.07, 6.45) is -1.20. The van der Waals surface area contributed by atoms with Crippen LogP contribution in [0.5, 0.6) is 0 Å². The van der Waals surface area contributed by atoms with E-state index in [0.29, 0.717) is 23.5 Å². The second kappa shape index (κ2) is 13.3. The van der Waals surface area contributed by atoms with Gasteiger partial charge in [-0.1, -0.05) is 36.4 Å². The zero-order valence-electron chi connectivity index (χ0n) is 21.0. The maximum absolute atomic E-state index is 10.4. The highest BCUT2D eigenvalue weighted by Gasteiger charge is 2.44. The van der Waals surface area contributed by atoms with Crippen molar-refractivity contribution in [2.75, 3.05) is 13.2 Å². The fraction of sp³-hybridized carbons (Fsp3) is 0.500. The summed E-state index contributed by atoms with van der Waals surface area (Å²) in [7, 11) is 0. The first-order valence-corrected chi connectivity index (χ1v) is 12.7. The summed E-state index contributed by atoms with van der Waals surface area (Å²) in [6, 6.07) is 15.5. The second-order valence-corrected chi connectivity index (χ2v) is 9.96. The molecule has 8 N–H and O–H groups in total. The molecule has 2 heterocycles. The Morgan fingerprint density at radius 1 is 1.00 bits per heavy atom. The number of carbonyl (C=O) groups is 1. The third-order valence-electron chi connectivity index (χ3n) is 7.25. The Hall–Kier alpha value is -2.88. The molecule has 5 rings (SSSR count). The Morgan fingerprint density at radius 2 is 1.68 bits per heavy atom. The first-order chi connectivity index (χ1) is 17.8. The lowest BCUT2D eigenvalue weighted by Crippen LogP contribution is -2.55. The number of aliphatic hydroxyl groups is 4. The van der Waals surface area contributed by atoms with Gasteiger partial charge in [-0.15, -0.1) is 0 Å². The van der Waals surface area contributed by atoms with Gasteiger partial charge in [0.2, 0.25) is 0 Å². The van der Waals surface area contributed by atoms with E-state index in [0.717, 1.165) is 30.5 Å². The summed E-state index contributed by atoms with van der Waals surface area (Å²) >= 11 is 0. The van der Waals surface area contributed by atoms with Crippen LogP contribution in [0.3, 0.4) is 0 Å². The van der Waals surface area contributed by atoms with Crippen LogP contribution in [0, 0.1) is 11.3 Å². The predicted molar refractivity (Wildman–Crippen MR) is 137 cm³/mol. The average molecular weight is 529 g/mol. The largest absolute Gasteiger partial charge is 0.480 e. The van der Waals surface area contributed by atoms with Crippen LogP contribution < -0.4 is 5.32 Å². The van der Waals surface area contributed by atoms with Crippen LogP contribution in [0.2, 0.25) is 0 Å². The fourth-order valence-electron chi connectivity index (χ4n) is 4.86. The summed E-state index contributed by atoms with van der Waals surface area (Å²) in [5.41, 5.74) is 4.34. The molecule has 2 aromatic rings. The second-order valence-electron chi connectivity index (χ2n) is 9.96. The highest BCUT2D eigenvalue weighted by Crippen LogP contribution is 2.40. The highest BCUT2D eigenvalue weighted by atomic mass is 16.5. The lowest BCUT2D eigenvalue weighted by molar-refractivity contribution is -0.231. The molecule has 1 aliphatic carbocycles. The average Bonchev–Trinajstić information content (AvgIpc) is 3.60. The molecule has 10 nitrogen and oxygen atoms in total. The monoisotopic (exact) mass is 528 g/mol. The topological polar surface area (TPSA) is 195 Å². The van der Waals surface area contributed by atoms with Crippen LogP contribution in [0.25, 0.3) is 0 Å². The molecule has 2 aliphatic heterocycles. The minimum atomic E-state index is -1.43. The summed E-state index contributed by atoms with van der Waals surface area (Å²) < 4.78 is 5.65. The van der Waals surface area contributed by atoms with Gasteiger partial charge in [-0.05, 0) is 72.9 Å². The molecule has 0 amide bonds.